The van der Waals surface area contributed by atoms with Crippen LogP contribution >= 0.6 is 0 Å². The Morgan fingerprint density at radius 1 is 0.500 bits per heavy atom. The fraction of sp³-hybridized carbons (Fsp3) is 0.0667. The van der Waals surface area contributed by atoms with Crippen molar-refractivity contribution in [2.75, 3.05) is 23.9 Å². The van der Waals surface area contributed by atoms with Crippen molar-refractivity contribution in [1.82, 2.24) is 0 Å². The summed E-state index contributed by atoms with van der Waals surface area (Å²) in [4.78, 5) is 29.7. The molecule has 4 aromatic carbocycles. The van der Waals surface area contributed by atoms with E-state index in [0.717, 1.165) is 22.5 Å². The molecular formula is C30H26N2O2. The highest BCUT2D eigenvalue weighted by Crippen LogP contribution is 2.22. The van der Waals surface area contributed by atoms with Gasteiger partial charge in [0.25, 0.3) is 11.8 Å². The molecule has 0 bridgehead atoms. The molecule has 4 nitrogen and oxygen atoms in total. The van der Waals surface area contributed by atoms with Crippen molar-refractivity contribution in [2.24, 2.45) is 0 Å². The van der Waals surface area contributed by atoms with Crippen LogP contribution in [0.2, 0.25) is 0 Å². The molecule has 168 valence electrons. The summed E-state index contributed by atoms with van der Waals surface area (Å²) in [6.07, 6.45) is 3.78. The predicted molar refractivity (Wildman–Crippen MR) is 140 cm³/mol. The molecule has 0 aromatic heterocycles. The molecule has 0 heterocycles. The molecule has 0 N–H and O–H groups in total. The molecule has 4 rings (SSSR count). The van der Waals surface area contributed by atoms with E-state index >= 15 is 0 Å². The van der Waals surface area contributed by atoms with Crippen molar-refractivity contribution < 1.29 is 9.59 Å². The van der Waals surface area contributed by atoms with Gasteiger partial charge in [0, 0.05) is 36.6 Å². The lowest BCUT2D eigenvalue weighted by Crippen LogP contribution is -2.27. The van der Waals surface area contributed by atoms with Crippen molar-refractivity contribution in [2.45, 2.75) is 0 Å². The van der Waals surface area contributed by atoms with E-state index in [0.29, 0.717) is 11.1 Å². The molecule has 0 atom stereocenters. The maximum Gasteiger partial charge on any atom is 0.258 e. The lowest BCUT2D eigenvalue weighted by atomic mass is 10.0. The Morgan fingerprint density at radius 3 is 1.21 bits per heavy atom. The van der Waals surface area contributed by atoms with E-state index in [-0.39, 0.29) is 11.8 Å². The Hall–Kier alpha value is -4.44. The topological polar surface area (TPSA) is 40.6 Å². The highest BCUT2D eigenvalue weighted by atomic mass is 16.2. The third kappa shape index (κ3) is 4.97. The summed E-state index contributed by atoms with van der Waals surface area (Å²) in [7, 11) is 3.54. The standard InChI is InChI=1S/C30H26N2O2/c1-31(25-15-5-3-6-16-25)29(33)27-19-11-9-13-23(27)21-22-24-14-10-12-20-28(24)30(34)32(2)26-17-7-4-8-18-26/h3-22H,1-2H3. The number of hydrogen-bond donors (Lipinski definition) is 0. The van der Waals surface area contributed by atoms with Crippen LogP contribution in [0.5, 0.6) is 0 Å². The molecule has 4 aromatic rings. The molecular weight excluding hydrogens is 420 g/mol. The highest BCUT2D eigenvalue weighted by molar-refractivity contribution is 6.10. The maximum atomic E-state index is 13.2. The molecule has 0 aliphatic carbocycles. The van der Waals surface area contributed by atoms with E-state index < -0.39 is 0 Å². The Labute approximate surface area is 200 Å². The number of para-hydroxylation sites is 2. The largest absolute Gasteiger partial charge is 0.311 e. The fourth-order valence-corrected chi connectivity index (χ4v) is 3.75. The van der Waals surface area contributed by atoms with E-state index in [1.54, 1.807) is 23.9 Å². The molecule has 0 fully saturated rings. The smallest absolute Gasteiger partial charge is 0.258 e. The van der Waals surface area contributed by atoms with Crippen LogP contribution in [0.15, 0.2) is 109 Å². The molecule has 0 radical (unpaired) electrons. The normalized spacial score (nSPS) is 10.8. The van der Waals surface area contributed by atoms with Crippen molar-refractivity contribution in [3.8, 4) is 0 Å². The average Bonchev–Trinajstić information content (AvgIpc) is 2.91. The second kappa shape index (κ2) is 10.5. The maximum absolute atomic E-state index is 13.2. The van der Waals surface area contributed by atoms with Gasteiger partial charge in [0.1, 0.15) is 0 Å². The first-order chi connectivity index (χ1) is 16.6. The van der Waals surface area contributed by atoms with Crippen LogP contribution in [0, 0.1) is 0 Å². The third-order valence-corrected chi connectivity index (χ3v) is 5.72. The van der Waals surface area contributed by atoms with Gasteiger partial charge in [-0.25, -0.2) is 0 Å². The van der Waals surface area contributed by atoms with E-state index in [9.17, 15) is 9.59 Å². The lowest BCUT2D eigenvalue weighted by Gasteiger charge is -2.19. The van der Waals surface area contributed by atoms with Crippen molar-refractivity contribution in [3.63, 3.8) is 0 Å². The molecule has 4 heteroatoms. The first-order valence-corrected chi connectivity index (χ1v) is 11.1. The van der Waals surface area contributed by atoms with Gasteiger partial charge in [0.05, 0.1) is 0 Å². The average molecular weight is 447 g/mol. The summed E-state index contributed by atoms with van der Waals surface area (Å²) < 4.78 is 0. The Balaban J connectivity index is 1.62. The lowest BCUT2D eigenvalue weighted by molar-refractivity contribution is 0.0985. The summed E-state index contributed by atoms with van der Waals surface area (Å²) >= 11 is 0. The number of anilines is 2. The van der Waals surface area contributed by atoms with E-state index in [1.807, 2.05) is 121 Å². The number of amides is 2. The first kappa shape index (κ1) is 22.7. The molecule has 0 aliphatic rings. The molecule has 0 unspecified atom stereocenters. The van der Waals surface area contributed by atoms with Crippen molar-refractivity contribution >= 4 is 35.3 Å². The molecule has 2 amide bonds. The zero-order chi connectivity index (χ0) is 23.9. The number of carbonyl (C=O) groups is 2. The van der Waals surface area contributed by atoms with E-state index in [4.69, 9.17) is 0 Å². The predicted octanol–water partition coefficient (Wildman–Crippen LogP) is 6.41. The molecule has 0 aliphatic heterocycles. The van der Waals surface area contributed by atoms with Gasteiger partial charge in [-0.1, -0.05) is 84.9 Å². The number of benzene rings is 4. The van der Waals surface area contributed by atoms with Gasteiger partial charge in [-0.2, -0.15) is 0 Å². The van der Waals surface area contributed by atoms with Crippen LogP contribution in [0.25, 0.3) is 12.2 Å². The minimum absolute atomic E-state index is 0.0976. The zero-order valence-electron chi connectivity index (χ0n) is 19.3. The summed E-state index contributed by atoms with van der Waals surface area (Å²) in [5.74, 6) is -0.195. The second-order valence-corrected chi connectivity index (χ2v) is 7.91. The monoisotopic (exact) mass is 446 g/mol. The highest BCUT2D eigenvalue weighted by Gasteiger charge is 2.17. The number of nitrogens with zero attached hydrogens (tertiary/aromatic N) is 2. The van der Waals surface area contributed by atoms with Gasteiger partial charge in [0.15, 0.2) is 0 Å². The zero-order valence-corrected chi connectivity index (χ0v) is 19.3. The summed E-state index contributed by atoms with van der Waals surface area (Å²) in [5.41, 5.74) is 4.41. The van der Waals surface area contributed by atoms with Crippen LogP contribution in [-0.4, -0.2) is 25.9 Å². The van der Waals surface area contributed by atoms with Crippen LogP contribution in [0.3, 0.4) is 0 Å². The molecule has 0 saturated heterocycles. The Bertz CT molecular complexity index is 1210. The van der Waals surface area contributed by atoms with Crippen LogP contribution in [-0.2, 0) is 0 Å². The van der Waals surface area contributed by atoms with Gasteiger partial charge >= 0.3 is 0 Å². The fourth-order valence-electron chi connectivity index (χ4n) is 3.75. The van der Waals surface area contributed by atoms with Crippen molar-refractivity contribution in [3.05, 3.63) is 131 Å². The van der Waals surface area contributed by atoms with Crippen molar-refractivity contribution in [1.29, 1.82) is 0 Å². The first-order valence-electron chi connectivity index (χ1n) is 11.1. The second-order valence-electron chi connectivity index (χ2n) is 7.91. The van der Waals surface area contributed by atoms with Crippen LogP contribution in [0.4, 0.5) is 11.4 Å². The molecule has 0 saturated carbocycles. The minimum atomic E-state index is -0.0976. The molecule has 34 heavy (non-hydrogen) atoms. The summed E-state index contributed by atoms with van der Waals surface area (Å²) in [5, 5.41) is 0. The van der Waals surface area contributed by atoms with E-state index in [2.05, 4.69) is 0 Å². The van der Waals surface area contributed by atoms with Gasteiger partial charge in [-0.05, 0) is 47.5 Å². The molecule has 0 spiro atoms. The summed E-state index contributed by atoms with van der Waals surface area (Å²) in [6.45, 7) is 0. The Morgan fingerprint density at radius 2 is 0.824 bits per heavy atom. The Kier molecular flexibility index (Phi) is 6.99. The van der Waals surface area contributed by atoms with Gasteiger partial charge < -0.3 is 9.80 Å². The number of carbonyl (C=O) groups excluding carboxylic acids is 2. The van der Waals surface area contributed by atoms with Crippen LogP contribution < -0.4 is 9.80 Å². The quantitative estimate of drug-likeness (QED) is 0.321. The van der Waals surface area contributed by atoms with Gasteiger partial charge in [-0.3, -0.25) is 9.59 Å². The minimum Gasteiger partial charge on any atom is -0.311 e. The number of rotatable bonds is 6. The SMILES string of the molecule is CN(C(=O)c1ccccc1C=Cc1ccccc1C(=O)N(C)c1ccccc1)c1ccccc1. The third-order valence-electron chi connectivity index (χ3n) is 5.72. The number of hydrogen-bond acceptors (Lipinski definition) is 2. The summed E-state index contributed by atoms with van der Waals surface area (Å²) in [6, 6.07) is 34.1. The van der Waals surface area contributed by atoms with Gasteiger partial charge in [-0.15, -0.1) is 0 Å². The van der Waals surface area contributed by atoms with E-state index in [1.165, 1.54) is 0 Å². The van der Waals surface area contributed by atoms with Gasteiger partial charge in [0.2, 0.25) is 0 Å². The van der Waals surface area contributed by atoms with Crippen LogP contribution in [0.1, 0.15) is 31.8 Å².